The summed E-state index contributed by atoms with van der Waals surface area (Å²) in [5, 5.41) is 7.19. The maximum atomic E-state index is 5.18. The Morgan fingerprint density at radius 3 is 3.00 bits per heavy atom. The van der Waals surface area contributed by atoms with Gasteiger partial charge in [0, 0.05) is 12.8 Å². The molecule has 78 valence electrons. The molecule has 2 heterocycles. The van der Waals surface area contributed by atoms with Gasteiger partial charge in [-0.3, -0.25) is 0 Å². The molecular formula is C10H17N3O. The Hall–Kier alpha value is -0.900. The molecule has 0 aromatic carbocycles. The summed E-state index contributed by atoms with van der Waals surface area (Å²) in [5.74, 6) is 2.38. The number of rotatable bonds is 5. The average Bonchev–Trinajstić information content (AvgIpc) is 2.56. The van der Waals surface area contributed by atoms with Crippen LogP contribution in [0.1, 0.15) is 31.5 Å². The molecule has 0 atom stereocenters. The quantitative estimate of drug-likeness (QED) is 0.766. The van der Waals surface area contributed by atoms with Crippen molar-refractivity contribution < 1.29 is 4.52 Å². The van der Waals surface area contributed by atoms with Crippen LogP contribution in [0.2, 0.25) is 0 Å². The summed E-state index contributed by atoms with van der Waals surface area (Å²) in [6.45, 7) is 4.35. The molecule has 0 spiro atoms. The van der Waals surface area contributed by atoms with Crippen molar-refractivity contribution in [3.05, 3.63) is 11.7 Å². The lowest BCUT2D eigenvalue weighted by atomic mass is 10.00. The fourth-order valence-corrected chi connectivity index (χ4v) is 1.55. The minimum Gasteiger partial charge on any atom is -0.339 e. The second-order valence-electron chi connectivity index (χ2n) is 3.94. The van der Waals surface area contributed by atoms with Gasteiger partial charge in [-0.2, -0.15) is 4.98 Å². The highest BCUT2D eigenvalue weighted by molar-refractivity contribution is 4.91. The highest BCUT2D eigenvalue weighted by atomic mass is 16.5. The molecule has 4 heteroatoms. The molecule has 1 aliphatic rings. The van der Waals surface area contributed by atoms with E-state index in [0.29, 0.717) is 5.92 Å². The zero-order valence-electron chi connectivity index (χ0n) is 8.62. The molecule has 0 unspecified atom stereocenters. The topological polar surface area (TPSA) is 51.0 Å². The van der Waals surface area contributed by atoms with Gasteiger partial charge in [0.25, 0.3) is 0 Å². The molecule has 4 nitrogen and oxygen atoms in total. The summed E-state index contributed by atoms with van der Waals surface area (Å²) in [7, 11) is 0. The van der Waals surface area contributed by atoms with E-state index in [-0.39, 0.29) is 0 Å². The molecule has 0 saturated carbocycles. The number of hydrogen-bond acceptors (Lipinski definition) is 4. The summed E-state index contributed by atoms with van der Waals surface area (Å²) in [5.41, 5.74) is 0. The Morgan fingerprint density at radius 2 is 2.36 bits per heavy atom. The first-order valence-corrected chi connectivity index (χ1v) is 5.40. The Kier molecular flexibility index (Phi) is 3.14. The van der Waals surface area contributed by atoms with E-state index in [1.807, 2.05) is 0 Å². The molecule has 1 saturated heterocycles. The highest BCUT2D eigenvalue weighted by Gasteiger charge is 2.20. The Bertz CT molecular complexity index is 281. The molecular weight excluding hydrogens is 178 g/mol. The standard InChI is InChI=1S/C10H17N3O/c1-2-3-4-9-12-10(14-13-9)5-8-6-11-7-8/h8,11H,2-7H2,1H3. The van der Waals surface area contributed by atoms with Crippen LogP contribution in [0.3, 0.4) is 0 Å². The van der Waals surface area contributed by atoms with Crippen molar-refractivity contribution in [1.82, 2.24) is 15.5 Å². The number of aromatic nitrogens is 2. The average molecular weight is 195 g/mol. The summed E-state index contributed by atoms with van der Waals surface area (Å²) < 4.78 is 5.18. The maximum Gasteiger partial charge on any atom is 0.227 e. The van der Waals surface area contributed by atoms with Crippen LogP contribution in [-0.4, -0.2) is 23.2 Å². The van der Waals surface area contributed by atoms with E-state index in [4.69, 9.17) is 4.52 Å². The van der Waals surface area contributed by atoms with E-state index in [1.54, 1.807) is 0 Å². The molecule has 0 radical (unpaired) electrons. The molecule has 14 heavy (non-hydrogen) atoms. The van der Waals surface area contributed by atoms with Crippen molar-refractivity contribution in [1.29, 1.82) is 0 Å². The van der Waals surface area contributed by atoms with Crippen LogP contribution in [0.25, 0.3) is 0 Å². The number of nitrogens with one attached hydrogen (secondary N) is 1. The number of hydrogen-bond donors (Lipinski definition) is 1. The van der Waals surface area contributed by atoms with E-state index < -0.39 is 0 Å². The summed E-state index contributed by atoms with van der Waals surface area (Å²) >= 11 is 0. The lowest BCUT2D eigenvalue weighted by molar-refractivity contribution is 0.295. The highest BCUT2D eigenvalue weighted by Crippen LogP contribution is 2.11. The van der Waals surface area contributed by atoms with Crippen LogP contribution >= 0.6 is 0 Å². The van der Waals surface area contributed by atoms with Crippen LogP contribution in [0.5, 0.6) is 0 Å². The van der Waals surface area contributed by atoms with Crippen molar-refractivity contribution in [2.45, 2.75) is 32.6 Å². The third kappa shape index (κ3) is 2.32. The predicted molar refractivity (Wildman–Crippen MR) is 53.0 cm³/mol. The van der Waals surface area contributed by atoms with Crippen LogP contribution in [0.15, 0.2) is 4.52 Å². The van der Waals surface area contributed by atoms with E-state index in [1.165, 1.54) is 6.42 Å². The summed E-state index contributed by atoms with van der Waals surface area (Å²) in [6, 6.07) is 0. The van der Waals surface area contributed by atoms with Gasteiger partial charge in [-0.1, -0.05) is 18.5 Å². The Labute approximate surface area is 84.1 Å². The SMILES string of the molecule is CCCCc1noc(CC2CNC2)n1. The largest absolute Gasteiger partial charge is 0.339 e. The van der Waals surface area contributed by atoms with Crippen LogP contribution in [-0.2, 0) is 12.8 Å². The van der Waals surface area contributed by atoms with Crippen molar-refractivity contribution in [3.8, 4) is 0 Å². The fraction of sp³-hybridized carbons (Fsp3) is 0.800. The Balaban J connectivity index is 1.82. The van der Waals surface area contributed by atoms with Gasteiger partial charge in [0.05, 0.1) is 0 Å². The van der Waals surface area contributed by atoms with E-state index in [0.717, 1.165) is 44.1 Å². The molecule has 2 rings (SSSR count). The summed E-state index contributed by atoms with van der Waals surface area (Å²) in [6.07, 6.45) is 4.20. The first kappa shape index (κ1) is 9.65. The zero-order chi connectivity index (χ0) is 9.80. The molecule has 1 aromatic heterocycles. The first-order valence-electron chi connectivity index (χ1n) is 5.40. The van der Waals surface area contributed by atoms with E-state index in [9.17, 15) is 0 Å². The fourth-order valence-electron chi connectivity index (χ4n) is 1.55. The Morgan fingerprint density at radius 1 is 1.50 bits per heavy atom. The number of aryl methyl sites for hydroxylation is 1. The lowest BCUT2D eigenvalue weighted by Crippen LogP contribution is -2.43. The van der Waals surface area contributed by atoms with Crippen LogP contribution < -0.4 is 5.32 Å². The third-order valence-corrected chi connectivity index (χ3v) is 2.59. The van der Waals surface area contributed by atoms with Gasteiger partial charge in [0.2, 0.25) is 5.89 Å². The van der Waals surface area contributed by atoms with E-state index >= 15 is 0 Å². The lowest BCUT2D eigenvalue weighted by Gasteiger charge is -2.25. The van der Waals surface area contributed by atoms with Gasteiger partial charge >= 0.3 is 0 Å². The van der Waals surface area contributed by atoms with Gasteiger partial charge in [-0.25, -0.2) is 0 Å². The second-order valence-corrected chi connectivity index (χ2v) is 3.94. The maximum absolute atomic E-state index is 5.18. The predicted octanol–water partition coefficient (Wildman–Crippen LogP) is 1.17. The number of unbranched alkanes of at least 4 members (excludes halogenated alkanes) is 1. The smallest absolute Gasteiger partial charge is 0.227 e. The molecule has 1 aliphatic heterocycles. The molecule has 1 N–H and O–H groups in total. The van der Waals surface area contributed by atoms with Gasteiger partial charge in [-0.05, 0) is 25.4 Å². The first-order chi connectivity index (χ1) is 6.88. The van der Waals surface area contributed by atoms with E-state index in [2.05, 4.69) is 22.4 Å². The van der Waals surface area contributed by atoms with Crippen LogP contribution in [0, 0.1) is 5.92 Å². The van der Waals surface area contributed by atoms with Crippen molar-refractivity contribution in [2.24, 2.45) is 5.92 Å². The van der Waals surface area contributed by atoms with Gasteiger partial charge in [0.1, 0.15) is 0 Å². The molecule has 1 fully saturated rings. The van der Waals surface area contributed by atoms with Crippen LogP contribution in [0.4, 0.5) is 0 Å². The third-order valence-electron chi connectivity index (χ3n) is 2.59. The molecule has 1 aromatic rings. The van der Waals surface area contributed by atoms with Crippen molar-refractivity contribution in [3.63, 3.8) is 0 Å². The molecule has 0 aliphatic carbocycles. The van der Waals surface area contributed by atoms with Gasteiger partial charge < -0.3 is 9.84 Å². The minimum absolute atomic E-state index is 0.703. The second kappa shape index (κ2) is 4.55. The monoisotopic (exact) mass is 195 g/mol. The normalized spacial score (nSPS) is 16.9. The van der Waals surface area contributed by atoms with Gasteiger partial charge in [0.15, 0.2) is 5.82 Å². The molecule has 0 bridgehead atoms. The summed E-state index contributed by atoms with van der Waals surface area (Å²) in [4.78, 5) is 4.36. The molecule has 0 amide bonds. The van der Waals surface area contributed by atoms with Gasteiger partial charge in [-0.15, -0.1) is 0 Å². The van der Waals surface area contributed by atoms with Crippen molar-refractivity contribution in [2.75, 3.05) is 13.1 Å². The zero-order valence-corrected chi connectivity index (χ0v) is 8.62. The minimum atomic E-state index is 0.703. The van der Waals surface area contributed by atoms with Crippen molar-refractivity contribution >= 4 is 0 Å². The number of nitrogens with zero attached hydrogens (tertiary/aromatic N) is 2.